The molecule has 1 aromatic carbocycles. The van der Waals surface area contributed by atoms with Gasteiger partial charge in [-0.1, -0.05) is 6.07 Å². The number of anilines is 1. The molecule has 0 radical (unpaired) electrons. The van der Waals surface area contributed by atoms with Crippen LogP contribution < -0.4 is 5.73 Å². The van der Waals surface area contributed by atoms with Crippen LogP contribution in [0.5, 0.6) is 0 Å². The Kier molecular flexibility index (Phi) is 4.75. The second-order valence-electron chi connectivity index (χ2n) is 3.57. The lowest BCUT2D eigenvalue weighted by molar-refractivity contribution is 0.442. The van der Waals surface area contributed by atoms with E-state index in [1.54, 1.807) is 6.92 Å². The second kappa shape index (κ2) is 5.71. The maximum absolute atomic E-state index is 13.4. The van der Waals surface area contributed by atoms with Gasteiger partial charge >= 0.3 is 0 Å². The van der Waals surface area contributed by atoms with Crippen LogP contribution in [0.1, 0.15) is 16.1 Å². The number of nitrogens with zero attached hydrogens (tertiary/aromatic N) is 1. The van der Waals surface area contributed by atoms with Crippen molar-refractivity contribution in [2.75, 3.05) is 5.73 Å². The largest absolute Gasteiger partial charge is 0.375 e. The zero-order chi connectivity index (χ0) is 12.6. The first-order valence-corrected chi connectivity index (χ1v) is 5.65. The molecule has 7 heteroatoms. The lowest BCUT2D eigenvalue weighted by Crippen LogP contribution is -1.98. The van der Waals surface area contributed by atoms with Crippen LogP contribution in [0.2, 0.25) is 0 Å². The lowest BCUT2D eigenvalue weighted by Gasteiger charge is -2.03. The zero-order valence-electron chi connectivity index (χ0n) is 9.34. The molecule has 2 nitrogen and oxygen atoms in total. The van der Waals surface area contributed by atoms with Crippen LogP contribution in [-0.4, -0.2) is 4.98 Å². The zero-order valence-corrected chi connectivity index (χ0v) is 11.9. The molecule has 0 aliphatic rings. The summed E-state index contributed by atoms with van der Waals surface area (Å²) in [6.07, 6.45) is 0.156. The Bertz CT molecular complexity index is 572. The van der Waals surface area contributed by atoms with Gasteiger partial charge in [-0.15, -0.1) is 28.3 Å². The van der Waals surface area contributed by atoms with Crippen molar-refractivity contribution < 1.29 is 13.2 Å². The van der Waals surface area contributed by atoms with E-state index in [1.807, 2.05) is 0 Å². The topological polar surface area (TPSA) is 38.9 Å². The molecule has 1 aromatic heterocycles. The van der Waals surface area contributed by atoms with E-state index in [-0.39, 0.29) is 29.0 Å². The number of halogens is 4. The molecule has 2 aromatic rings. The van der Waals surface area contributed by atoms with Crippen LogP contribution in [0.3, 0.4) is 0 Å². The number of nitrogen functional groups attached to an aromatic ring is 1. The normalized spacial score (nSPS) is 10.2. The molecule has 0 fully saturated rings. The molecule has 2 rings (SSSR count). The summed E-state index contributed by atoms with van der Waals surface area (Å²) in [5, 5.41) is 0.375. The fourth-order valence-electron chi connectivity index (χ4n) is 1.49. The Morgan fingerprint density at radius 2 is 1.89 bits per heavy atom. The van der Waals surface area contributed by atoms with E-state index in [0.717, 1.165) is 10.9 Å². The van der Waals surface area contributed by atoms with E-state index in [9.17, 15) is 13.2 Å². The Balaban J connectivity index is 0.00000162. The van der Waals surface area contributed by atoms with Crippen molar-refractivity contribution in [2.45, 2.75) is 13.3 Å². The van der Waals surface area contributed by atoms with Gasteiger partial charge in [0, 0.05) is 11.3 Å². The third-order valence-electron chi connectivity index (χ3n) is 2.38. The Morgan fingerprint density at radius 3 is 2.44 bits per heavy atom. The molecule has 18 heavy (non-hydrogen) atoms. The highest BCUT2D eigenvalue weighted by molar-refractivity contribution is 8.93. The van der Waals surface area contributed by atoms with Crippen molar-refractivity contribution in [1.29, 1.82) is 0 Å². The van der Waals surface area contributed by atoms with Gasteiger partial charge in [-0.25, -0.2) is 18.2 Å². The smallest absolute Gasteiger partial charge is 0.194 e. The molecule has 1 heterocycles. The first kappa shape index (κ1) is 15.0. The summed E-state index contributed by atoms with van der Waals surface area (Å²) in [4.78, 5) is 4.73. The second-order valence-corrected chi connectivity index (χ2v) is 4.69. The van der Waals surface area contributed by atoms with Gasteiger partial charge in [-0.3, -0.25) is 0 Å². The maximum atomic E-state index is 13.4. The van der Waals surface area contributed by atoms with Gasteiger partial charge in [-0.2, -0.15) is 0 Å². The SMILES string of the molecule is Br.Cc1nc(N)sc1Cc1ccc(F)c(F)c1F. The Hall–Kier alpha value is -1.08. The summed E-state index contributed by atoms with van der Waals surface area (Å²) in [5.74, 6) is -3.79. The third kappa shape index (κ3) is 2.84. The average Bonchev–Trinajstić information content (AvgIpc) is 2.58. The number of rotatable bonds is 2. The van der Waals surface area contributed by atoms with E-state index < -0.39 is 17.5 Å². The molecule has 0 atom stereocenters. The first-order chi connectivity index (χ1) is 7.99. The van der Waals surface area contributed by atoms with Crippen molar-refractivity contribution in [3.8, 4) is 0 Å². The van der Waals surface area contributed by atoms with E-state index >= 15 is 0 Å². The lowest BCUT2D eigenvalue weighted by atomic mass is 10.1. The standard InChI is InChI=1S/C11H9F3N2S.BrH/c1-5-8(17-11(15)16-5)4-6-2-3-7(12)10(14)9(6)13;/h2-3H,4H2,1H3,(H2,15,16);1H. The van der Waals surface area contributed by atoms with Gasteiger partial charge in [0.25, 0.3) is 0 Å². The molecule has 0 aliphatic carbocycles. The van der Waals surface area contributed by atoms with E-state index in [1.165, 1.54) is 17.4 Å². The van der Waals surface area contributed by atoms with Crippen LogP contribution in [-0.2, 0) is 6.42 Å². The molecule has 0 amide bonds. The van der Waals surface area contributed by atoms with Crippen molar-refractivity contribution in [3.05, 3.63) is 45.7 Å². The summed E-state index contributed by atoms with van der Waals surface area (Å²) in [6.45, 7) is 1.74. The number of aromatic nitrogens is 1. The average molecular weight is 339 g/mol. The monoisotopic (exact) mass is 338 g/mol. The molecule has 0 unspecified atom stereocenters. The molecule has 98 valence electrons. The number of hydrogen-bond donors (Lipinski definition) is 1. The fraction of sp³-hybridized carbons (Fsp3) is 0.182. The molecule has 0 saturated heterocycles. The van der Waals surface area contributed by atoms with Crippen LogP contribution in [0.4, 0.5) is 18.3 Å². The maximum Gasteiger partial charge on any atom is 0.194 e. The highest BCUT2D eigenvalue weighted by Crippen LogP contribution is 2.25. The summed E-state index contributed by atoms with van der Waals surface area (Å²) < 4.78 is 39.2. The van der Waals surface area contributed by atoms with Crippen molar-refractivity contribution in [3.63, 3.8) is 0 Å². The predicted molar refractivity (Wildman–Crippen MR) is 70.7 cm³/mol. The molecular weight excluding hydrogens is 329 g/mol. The molecule has 0 spiro atoms. The minimum absolute atomic E-state index is 0. The first-order valence-electron chi connectivity index (χ1n) is 4.83. The van der Waals surface area contributed by atoms with Gasteiger partial charge < -0.3 is 5.73 Å². The summed E-state index contributed by atoms with van der Waals surface area (Å²) in [7, 11) is 0. The van der Waals surface area contributed by atoms with Crippen molar-refractivity contribution in [2.24, 2.45) is 0 Å². The number of thiazole rings is 1. The molecular formula is C11H10BrF3N2S. The van der Waals surface area contributed by atoms with E-state index in [2.05, 4.69) is 4.98 Å². The minimum Gasteiger partial charge on any atom is -0.375 e. The summed E-state index contributed by atoms with van der Waals surface area (Å²) in [5.41, 5.74) is 6.28. The van der Waals surface area contributed by atoms with Gasteiger partial charge in [-0.05, 0) is 18.6 Å². The number of benzene rings is 1. The summed E-state index contributed by atoms with van der Waals surface area (Å²) in [6, 6.07) is 2.14. The van der Waals surface area contributed by atoms with Crippen LogP contribution in [0.25, 0.3) is 0 Å². The highest BCUT2D eigenvalue weighted by Gasteiger charge is 2.15. The van der Waals surface area contributed by atoms with Crippen LogP contribution in [0, 0.1) is 24.4 Å². The Labute approximate surface area is 116 Å². The quantitative estimate of drug-likeness (QED) is 0.849. The van der Waals surface area contributed by atoms with Crippen molar-refractivity contribution >= 4 is 33.4 Å². The molecule has 2 N–H and O–H groups in total. The molecule has 0 aliphatic heterocycles. The highest BCUT2D eigenvalue weighted by atomic mass is 79.9. The predicted octanol–water partition coefficient (Wildman–Crippen LogP) is 3.62. The summed E-state index contributed by atoms with van der Waals surface area (Å²) >= 11 is 1.21. The van der Waals surface area contributed by atoms with Crippen molar-refractivity contribution in [1.82, 2.24) is 4.98 Å². The van der Waals surface area contributed by atoms with Crippen LogP contribution in [0.15, 0.2) is 12.1 Å². The molecule has 0 saturated carbocycles. The third-order valence-corrected chi connectivity index (χ3v) is 3.36. The van der Waals surface area contributed by atoms with Gasteiger partial charge in [0.15, 0.2) is 22.6 Å². The van der Waals surface area contributed by atoms with E-state index in [0.29, 0.717) is 10.8 Å². The van der Waals surface area contributed by atoms with Gasteiger partial charge in [0.2, 0.25) is 0 Å². The number of hydrogen-bond acceptors (Lipinski definition) is 3. The van der Waals surface area contributed by atoms with Gasteiger partial charge in [0.1, 0.15) is 0 Å². The Morgan fingerprint density at radius 1 is 1.22 bits per heavy atom. The molecule has 0 bridgehead atoms. The van der Waals surface area contributed by atoms with E-state index in [4.69, 9.17) is 5.73 Å². The fourth-order valence-corrected chi connectivity index (χ4v) is 2.35. The minimum atomic E-state index is -1.45. The van der Waals surface area contributed by atoms with Crippen LogP contribution >= 0.6 is 28.3 Å². The number of nitrogens with two attached hydrogens (primary N) is 1. The van der Waals surface area contributed by atoms with Gasteiger partial charge in [0.05, 0.1) is 5.69 Å². The number of aryl methyl sites for hydroxylation is 1.